The molecule has 0 atom stereocenters. The number of ketones is 1. The third-order valence-corrected chi connectivity index (χ3v) is 2.74. The molecular weight excluding hydrogens is 246 g/mol. The van der Waals surface area contributed by atoms with Crippen molar-refractivity contribution in [1.29, 1.82) is 5.26 Å². The van der Waals surface area contributed by atoms with E-state index in [-0.39, 0.29) is 19.5 Å². The maximum atomic E-state index is 11.8. The lowest BCUT2D eigenvalue weighted by atomic mass is 10.1. The second kappa shape index (κ2) is 5.31. The van der Waals surface area contributed by atoms with Crippen LogP contribution in [0.5, 0.6) is 0 Å². The number of anilines is 1. The molecule has 1 aliphatic heterocycles. The van der Waals surface area contributed by atoms with Gasteiger partial charge in [0.2, 0.25) is 5.91 Å². The topological polar surface area (TPSA) is 90.3 Å². The fraction of sp³-hybridized carbons (Fsp3) is 0.231. The van der Waals surface area contributed by atoms with Crippen molar-refractivity contribution in [3.8, 4) is 6.07 Å². The molecule has 0 saturated carbocycles. The zero-order valence-corrected chi connectivity index (χ0v) is 10.0. The first-order valence-corrected chi connectivity index (χ1v) is 5.74. The molecule has 1 N–H and O–H groups in total. The summed E-state index contributed by atoms with van der Waals surface area (Å²) in [6, 6.07) is 8.45. The van der Waals surface area contributed by atoms with Gasteiger partial charge in [-0.15, -0.1) is 0 Å². The maximum Gasteiger partial charge on any atom is 0.299 e. The molecule has 19 heavy (non-hydrogen) atoms. The number of benzene rings is 1. The van der Waals surface area contributed by atoms with Crippen molar-refractivity contribution in [3.05, 3.63) is 29.8 Å². The van der Waals surface area contributed by atoms with Gasteiger partial charge in [0.05, 0.1) is 23.7 Å². The molecular formula is C13H11N3O3. The Morgan fingerprint density at radius 1 is 1.32 bits per heavy atom. The van der Waals surface area contributed by atoms with Gasteiger partial charge < -0.3 is 5.32 Å². The van der Waals surface area contributed by atoms with Gasteiger partial charge in [-0.05, 0) is 12.1 Å². The molecule has 2 amide bonds. The minimum atomic E-state index is -0.698. The molecule has 6 nitrogen and oxygen atoms in total. The Bertz CT molecular complexity index is 589. The largest absolute Gasteiger partial charge is 0.354 e. The quantitative estimate of drug-likeness (QED) is 0.618. The Labute approximate surface area is 109 Å². The number of carbonyl (C=O) groups excluding carboxylic acids is 3. The first-order chi connectivity index (χ1) is 9.15. The number of fused-ring (bicyclic) bond motifs is 1. The maximum absolute atomic E-state index is 11.8. The van der Waals surface area contributed by atoms with E-state index in [0.29, 0.717) is 11.3 Å². The van der Waals surface area contributed by atoms with Crippen LogP contribution in [0.1, 0.15) is 16.8 Å². The van der Waals surface area contributed by atoms with Crippen LogP contribution in [0.2, 0.25) is 0 Å². The molecule has 0 saturated heterocycles. The molecule has 1 aromatic carbocycles. The zero-order chi connectivity index (χ0) is 13.8. The fourth-order valence-electron chi connectivity index (χ4n) is 1.86. The summed E-state index contributed by atoms with van der Waals surface area (Å²) >= 11 is 0. The van der Waals surface area contributed by atoms with Crippen molar-refractivity contribution in [2.45, 2.75) is 6.42 Å². The summed E-state index contributed by atoms with van der Waals surface area (Å²) in [5.74, 6) is -1.69. The number of para-hydroxylation sites is 1. The Morgan fingerprint density at radius 2 is 2.05 bits per heavy atom. The number of nitrogens with one attached hydrogen (secondary N) is 1. The van der Waals surface area contributed by atoms with Crippen LogP contribution in [0.25, 0.3) is 0 Å². The van der Waals surface area contributed by atoms with Gasteiger partial charge in [0, 0.05) is 6.54 Å². The van der Waals surface area contributed by atoms with Crippen LogP contribution < -0.4 is 10.2 Å². The van der Waals surface area contributed by atoms with E-state index in [0.717, 1.165) is 4.90 Å². The van der Waals surface area contributed by atoms with Crippen LogP contribution in [0.4, 0.5) is 5.69 Å². The predicted octanol–water partition coefficient (Wildman–Crippen LogP) is 0.246. The van der Waals surface area contributed by atoms with E-state index in [1.807, 2.05) is 6.07 Å². The second-order valence-corrected chi connectivity index (χ2v) is 4.00. The van der Waals surface area contributed by atoms with Crippen molar-refractivity contribution in [2.75, 3.05) is 18.0 Å². The van der Waals surface area contributed by atoms with Crippen molar-refractivity contribution in [2.24, 2.45) is 0 Å². The van der Waals surface area contributed by atoms with Gasteiger partial charge in [-0.25, -0.2) is 0 Å². The monoisotopic (exact) mass is 257 g/mol. The number of hydrogen-bond donors (Lipinski definition) is 1. The average Bonchev–Trinajstić information content (AvgIpc) is 2.65. The van der Waals surface area contributed by atoms with Gasteiger partial charge in [-0.3, -0.25) is 19.3 Å². The highest BCUT2D eigenvalue weighted by atomic mass is 16.2. The van der Waals surface area contributed by atoms with E-state index in [1.54, 1.807) is 24.3 Å². The lowest BCUT2D eigenvalue weighted by molar-refractivity contribution is -0.122. The molecule has 2 rings (SSSR count). The molecule has 0 aromatic heterocycles. The smallest absolute Gasteiger partial charge is 0.299 e. The second-order valence-electron chi connectivity index (χ2n) is 4.00. The first kappa shape index (κ1) is 12.8. The highest BCUT2D eigenvalue weighted by Gasteiger charge is 2.36. The lowest BCUT2D eigenvalue weighted by Crippen LogP contribution is -2.40. The SMILES string of the molecule is N#CCCNC(=O)CN1C(=O)C(=O)c2ccccc21. The van der Waals surface area contributed by atoms with Gasteiger partial charge in [-0.2, -0.15) is 5.26 Å². The Balaban J connectivity index is 2.09. The number of carbonyl (C=O) groups is 3. The normalized spacial score (nSPS) is 13.1. The van der Waals surface area contributed by atoms with E-state index in [2.05, 4.69) is 5.32 Å². The fourth-order valence-corrected chi connectivity index (χ4v) is 1.86. The number of hydrogen-bond acceptors (Lipinski definition) is 4. The van der Waals surface area contributed by atoms with Gasteiger partial charge >= 0.3 is 0 Å². The standard InChI is InChI=1S/C13H11N3O3/c14-6-3-7-15-11(17)8-16-10-5-2-1-4-9(10)12(18)13(16)19/h1-2,4-5H,3,7-8H2,(H,15,17). The van der Waals surface area contributed by atoms with E-state index in [4.69, 9.17) is 5.26 Å². The minimum absolute atomic E-state index is 0.204. The minimum Gasteiger partial charge on any atom is -0.354 e. The van der Waals surface area contributed by atoms with Gasteiger partial charge in [0.25, 0.3) is 11.7 Å². The molecule has 0 aliphatic carbocycles. The first-order valence-electron chi connectivity index (χ1n) is 5.74. The molecule has 0 radical (unpaired) electrons. The molecule has 1 aromatic rings. The van der Waals surface area contributed by atoms with Crippen molar-refractivity contribution in [1.82, 2.24) is 5.32 Å². The van der Waals surface area contributed by atoms with E-state index in [9.17, 15) is 14.4 Å². The van der Waals surface area contributed by atoms with Crippen molar-refractivity contribution >= 4 is 23.3 Å². The predicted molar refractivity (Wildman–Crippen MR) is 66.4 cm³/mol. The summed E-state index contributed by atoms with van der Waals surface area (Å²) in [6.07, 6.45) is 0.204. The Hall–Kier alpha value is -2.68. The number of Topliss-reactive ketones (excluding diaryl/α,β-unsaturated/α-hetero) is 1. The third kappa shape index (κ3) is 2.45. The van der Waals surface area contributed by atoms with Gasteiger partial charge in [0.1, 0.15) is 6.54 Å². The lowest BCUT2D eigenvalue weighted by Gasteiger charge is -2.15. The molecule has 1 aliphatic rings. The number of nitrogens with zero attached hydrogens (tertiary/aromatic N) is 2. The van der Waals surface area contributed by atoms with Gasteiger partial charge in [0.15, 0.2) is 0 Å². The highest BCUT2D eigenvalue weighted by Crippen LogP contribution is 2.27. The third-order valence-electron chi connectivity index (χ3n) is 2.74. The van der Waals surface area contributed by atoms with Crippen molar-refractivity contribution in [3.63, 3.8) is 0 Å². The average molecular weight is 257 g/mol. The molecule has 0 bridgehead atoms. The van der Waals surface area contributed by atoms with Crippen molar-refractivity contribution < 1.29 is 14.4 Å². The Kier molecular flexibility index (Phi) is 3.57. The van der Waals surface area contributed by atoms with E-state index in [1.165, 1.54) is 0 Å². The summed E-state index contributed by atoms with van der Waals surface area (Å²) < 4.78 is 0. The highest BCUT2D eigenvalue weighted by molar-refractivity contribution is 6.52. The number of amides is 2. The van der Waals surface area contributed by atoms with Crippen LogP contribution in [0.3, 0.4) is 0 Å². The molecule has 1 heterocycles. The van der Waals surface area contributed by atoms with Crippen LogP contribution in [0.15, 0.2) is 24.3 Å². The zero-order valence-electron chi connectivity index (χ0n) is 10.0. The van der Waals surface area contributed by atoms with Crippen LogP contribution in [0, 0.1) is 11.3 Å². The van der Waals surface area contributed by atoms with Gasteiger partial charge in [-0.1, -0.05) is 12.1 Å². The summed E-state index contributed by atoms with van der Waals surface area (Å²) in [7, 11) is 0. The van der Waals surface area contributed by atoms with Crippen LogP contribution >= 0.6 is 0 Å². The van der Waals surface area contributed by atoms with E-state index >= 15 is 0 Å². The molecule has 0 unspecified atom stereocenters. The summed E-state index contributed by atoms with van der Waals surface area (Å²) in [6.45, 7) is 0.0139. The summed E-state index contributed by atoms with van der Waals surface area (Å²) in [5.41, 5.74) is 0.769. The molecule has 96 valence electrons. The molecule has 6 heteroatoms. The molecule has 0 fully saturated rings. The number of nitriles is 1. The summed E-state index contributed by atoms with van der Waals surface area (Å²) in [5, 5.41) is 10.9. The van der Waals surface area contributed by atoms with Crippen LogP contribution in [-0.4, -0.2) is 30.7 Å². The molecule has 0 spiro atoms. The number of rotatable bonds is 4. The summed E-state index contributed by atoms with van der Waals surface area (Å²) in [4.78, 5) is 36.2. The van der Waals surface area contributed by atoms with Crippen LogP contribution in [-0.2, 0) is 9.59 Å². The van der Waals surface area contributed by atoms with E-state index < -0.39 is 17.6 Å². The Morgan fingerprint density at radius 3 is 2.79 bits per heavy atom.